The normalized spacial score (nSPS) is 20.9. The molecule has 7 unspecified atom stereocenters. The van der Waals surface area contributed by atoms with Crippen molar-refractivity contribution in [2.75, 3.05) is 13.2 Å². The second kappa shape index (κ2) is 44.0. The number of carbonyl (C=O) groups excluding carboxylic acids is 1. The minimum Gasteiger partial charge on any atom is -0.394 e. The fraction of sp³-hybridized carbons (Fsp3) is 0.691. The topological polar surface area (TPSA) is 149 Å². The molecule has 64 heavy (non-hydrogen) atoms. The van der Waals surface area contributed by atoms with Crippen LogP contribution >= 0.6 is 0 Å². The van der Waals surface area contributed by atoms with Gasteiger partial charge in [-0.2, -0.15) is 0 Å². The van der Waals surface area contributed by atoms with Crippen molar-refractivity contribution in [3.8, 4) is 0 Å². The summed E-state index contributed by atoms with van der Waals surface area (Å²) in [7, 11) is 0. The molecule has 366 valence electrons. The van der Waals surface area contributed by atoms with E-state index in [1.165, 1.54) is 77.0 Å². The predicted octanol–water partition coefficient (Wildman–Crippen LogP) is 11.7. The van der Waals surface area contributed by atoms with Crippen LogP contribution < -0.4 is 5.32 Å². The van der Waals surface area contributed by atoms with Gasteiger partial charge in [0.25, 0.3) is 0 Å². The lowest BCUT2D eigenvalue weighted by Gasteiger charge is -2.40. The summed E-state index contributed by atoms with van der Waals surface area (Å²) in [6.07, 6.45) is 56.0. The molecule has 0 aliphatic carbocycles. The van der Waals surface area contributed by atoms with Crippen molar-refractivity contribution < 1.29 is 39.8 Å². The Hall–Kier alpha value is -2.89. The summed E-state index contributed by atoms with van der Waals surface area (Å²) < 4.78 is 11.2. The van der Waals surface area contributed by atoms with Crippen molar-refractivity contribution in [3.05, 3.63) is 97.2 Å². The number of aliphatic hydroxyl groups is 5. The second-order valence-electron chi connectivity index (χ2n) is 17.2. The Balaban J connectivity index is 2.29. The average molecular weight is 896 g/mol. The summed E-state index contributed by atoms with van der Waals surface area (Å²) in [5.74, 6) is -0.201. The fourth-order valence-corrected chi connectivity index (χ4v) is 7.35. The van der Waals surface area contributed by atoms with Gasteiger partial charge in [0.05, 0.1) is 25.4 Å². The number of hydrogen-bond donors (Lipinski definition) is 6. The van der Waals surface area contributed by atoms with Gasteiger partial charge in [-0.15, -0.1) is 0 Å². The van der Waals surface area contributed by atoms with Gasteiger partial charge in [0.2, 0.25) is 5.91 Å². The first-order valence-corrected chi connectivity index (χ1v) is 25.5. The van der Waals surface area contributed by atoms with Crippen LogP contribution in [0.2, 0.25) is 0 Å². The molecule has 0 aromatic heterocycles. The zero-order chi connectivity index (χ0) is 46.6. The maximum absolute atomic E-state index is 13.0. The monoisotopic (exact) mass is 896 g/mol. The van der Waals surface area contributed by atoms with Crippen LogP contribution in [-0.4, -0.2) is 87.5 Å². The van der Waals surface area contributed by atoms with Gasteiger partial charge in [-0.25, -0.2) is 0 Å². The number of aliphatic hydroxyl groups excluding tert-OH is 5. The first kappa shape index (κ1) is 59.1. The molecule has 0 spiro atoms. The van der Waals surface area contributed by atoms with Gasteiger partial charge < -0.3 is 40.3 Å². The Labute approximate surface area is 390 Å². The Bertz CT molecular complexity index is 1320. The molecule has 0 aromatic rings. The Kier molecular flexibility index (Phi) is 40.6. The number of amides is 1. The van der Waals surface area contributed by atoms with E-state index in [1.807, 2.05) is 6.08 Å². The molecule has 0 saturated carbocycles. The number of hydrogen-bond acceptors (Lipinski definition) is 8. The molecule has 1 rings (SSSR count). The van der Waals surface area contributed by atoms with Crippen LogP contribution in [0.25, 0.3) is 0 Å². The van der Waals surface area contributed by atoms with Crippen molar-refractivity contribution in [1.82, 2.24) is 5.32 Å². The maximum atomic E-state index is 13.0. The van der Waals surface area contributed by atoms with E-state index in [0.717, 1.165) is 89.9 Å². The molecule has 0 aromatic carbocycles. The van der Waals surface area contributed by atoms with E-state index in [4.69, 9.17) is 9.47 Å². The van der Waals surface area contributed by atoms with Gasteiger partial charge in [-0.3, -0.25) is 4.79 Å². The van der Waals surface area contributed by atoms with Gasteiger partial charge >= 0.3 is 0 Å². The Morgan fingerprint density at radius 1 is 0.547 bits per heavy atom. The van der Waals surface area contributed by atoms with E-state index >= 15 is 0 Å². The summed E-state index contributed by atoms with van der Waals surface area (Å²) in [5.41, 5.74) is 0. The molecule has 9 heteroatoms. The van der Waals surface area contributed by atoms with Crippen LogP contribution in [0.15, 0.2) is 97.2 Å². The first-order chi connectivity index (χ1) is 31.3. The van der Waals surface area contributed by atoms with Crippen molar-refractivity contribution in [2.24, 2.45) is 0 Å². The number of nitrogens with one attached hydrogen (secondary N) is 1. The van der Waals surface area contributed by atoms with Crippen LogP contribution in [0, 0.1) is 0 Å². The van der Waals surface area contributed by atoms with Gasteiger partial charge in [0.15, 0.2) is 6.29 Å². The molecule has 1 aliphatic rings. The molecule has 1 saturated heterocycles. The number of carbonyl (C=O) groups is 1. The van der Waals surface area contributed by atoms with E-state index < -0.39 is 49.5 Å². The first-order valence-electron chi connectivity index (χ1n) is 25.5. The van der Waals surface area contributed by atoms with Crippen molar-refractivity contribution in [3.63, 3.8) is 0 Å². The lowest BCUT2D eigenvalue weighted by molar-refractivity contribution is -0.302. The van der Waals surface area contributed by atoms with Gasteiger partial charge in [0.1, 0.15) is 24.4 Å². The number of ether oxygens (including phenoxy) is 2. The summed E-state index contributed by atoms with van der Waals surface area (Å²) in [6.45, 7) is 3.62. The van der Waals surface area contributed by atoms with Crippen LogP contribution in [-0.2, 0) is 14.3 Å². The highest BCUT2D eigenvalue weighted by atomic mass is 16.7. The SMILES string of the molecule is CC/C=C\C/C=C\C/C=C\C/C=C\C/C=C\C/C=C\CCCCCCCCCCC(=O)NC(COC1OC(CO)C(O)C(O)C1O)C(O)/C=C/CC/C=C/CCCCCCCCCC. The molecule has 1 amide bonds. The smallest absolute Gasteiger partial charge is 0.220 e. The molecule has 0 bridgehead atoms. The van der Waals surface area contributed by atoms with Gasteiger partial charge in [-0.1, -0.05) is 195 Å². The highest BCUT2D eigenvalue weighted by molar-refractivity contribution is 5.76. The van der Waals surface area contributed by atoms with Crippen LogP contribution in [0.3, 0.4) is 0 Å². The predicted molar refractivity (Wildman–Crippen MR) is 267 cm³/mol. The average Bonchev–Trinajstić information content (AvgIpc) is 3.29. The maximum Gasteiger partial charge on any atom is 0.220 e. The van der Waals surface area contributed by atoms with Gasteiger partial charge in [0, 0.05) is 6.42 Å². The summed E-state index contributed by atoms with van der Waals surface area (Å²) in [4.78, 5) is 13.0. The Morgan fingerprint density at radius 2 is 0.984 bits per heavy atom. The lowest BCUT2D eigenvalue weighted by Crippen LogP contribution is -2.60. The molecule has 1 fully saturated rings. The van der Waals surface area contributed by atoms with Crippen molar-refractivity contribution in [2.45, 2.75) is 230 Å². The Morgan fingerprint density at radius 3 is 1.50 bits per heavy atom. The summed E-state index contributed by atoms with van der Waals surface area (Å²) in [5, 5.41) is 54.3. The highest BCUT2D eigenvalue weighted by Crippen LogP contribution is 2.22. The third-order valence-electron chi connectivity index (χ3n) is 11.4. The van der Waals surface area contributed by atoms with E-state index in [0.29, 0.717) is 6.42 Å². The number of unbranched alkanes of at least 4 members (excludes halogenated alkanes) is 17. The largest absolute Gasteiger partial charge is 0.394 e. The molecule has 7 atom stereocenters. The van der Waals surface area contributed by atoms with Crippen LogP contribution in [0.1, 0.15) is 187 Å². The highest BCUT2D eigenvalue weighted by Gasteiger charge is 2.44. The van der Waals surface area contributed by atoms with E-state index in [2.05, 4.69) is 104 Å². The zero-order valence-electron chi connectivity index (χ0n) is 40.2. The zero-order valence-corrected chi connectivity index (χ0v) is 40.2. The minimum atomic E-state index is -1.58. The molecular weight excluding hydrogens is 803 g/mol. The standard InChI is InChI=1S/C55H93NO8/c1-3-5-7-9-11-13-15-17-19-20-21-22-23-24-25-26-27-28-29-30-31-33-35-37-39-41-43-45-51(59)56-48(47-63-55-54(62)53(61)52(60)50(46-57)64-55)49(58)44-42-40-38-36-34-32-18-16-14-12-10-8-6-4-2/h5,7,11,13,17,19,21-22,24-25,27-28,34,36,42,44,48-50,52-55,57-58,60-62H,3-4,6,8-10,12,14-16,18,20,23,26,29-33,35,37-41,43,45-47H2,1-2H3,(H,56,59)/b7-5-,13-11-,19-17-,22-21-,25-24-,28-27-,36-34+,44-42+. The molecule has 1 heterocycles. The molecule has 0 radical (unpaired) electrons. The third kappa shape index (κ3) is 33.6. The second-order valence-corrected chi connectivity index (χ2v) is 17.2. The van der Waals surface area contributed by atoms with Gasteiger partial charge in [-0.05, 0) is 83.5 Å². The number of rotatable bonds is 41. The van der Waals surface area contributed by atoms with E-state index in [9.17, 15) is 30.3 Å². The van der Waals surface area contributed by atoms with Crippen LogP contribution in [0.5, 0.6) is 0 Å². The molecule has 9 nitrogen and oxygen atoms in total. The third-order valence-corrected chi connectivity index (χ3v) is 11.4. The van der Waals surface area contributed by atoms with Crippen LogP contribution in [0.4, 0.5) is 0 Å². The quantitative estimate of drug-likeness (QED) is 0.0262. The molecular formula is C55H93NO8. The summed E-state index contributed by atoms with van der Waals surface area (Å²) >= 11 is 0. The van der Waals surface area contributed by atoms with Crippen molar-refractivity contribution in [1.29, 1.82) is 0 Å². The molecule has 1 aliphatic heterocycles. The minimum absolute atomic E-state index is 0.201. The van der Waals surface area contributed by atoms with Crippen molar-refractivity contribution >= 4 is 5.91 Å². The molecule has 6 N–H and O–H groups in total. The summed E-state index contributed by atoms with van der Waals surface area (Å²) in [6, 6.07) is -0.832. The lowest BCUT2D eigenvalue weighted by atomic mass is 9.99. The van der Waals surface area contributed by atoms with E-state index in [1.54, 1.807) is 6.08 Å². The van der Waals surface area contributed by atoms with E-state index in [-0.39, 0.29) is 12.5 Å². The fourth-order valence-electron chi connectivity index (χ4n) is 7.35. The number of allylic oxidation sites excluding steroid dienone is 15.